The Morgan fingerprint density at radius 2 is 2.03 bits per heavy atom. The topological polar surface area (TPSA) is 78.9 Å². The molecule has 2 aromatic carbocycles. The highest BCUT2D eigenvalue weighted by Gasteiger charge is 2.24. The molecular formula is C26H23ClN5O2+. The Morgan fingerprint density at radius 1 is 1.15 bits per heavy atom. The van der Waals surface area contributed by atoms with E-state index in [0.717, 1.165) is 53.0 Å². The van der Waals surface area contributed by atoms with Crippen LogP contribution in [0, 0.1) is 5.92 Å². The predicted molar refractivity (Wildman–Crippen MR) is 133 cm³/mol. The Balaban J connectivity index is 1.51. The molecule has 1 N–H and O–H groups in total. The summed E-state index contributed by atoms with van der Waals surface area (Å²) in [4.78, 5) is 26.1. The van der Waals surface area contributed by atoms with E-state index in [-0.39, 0.29) is 0 Å². The van der Waals surface area contributed by atoms with Crippen molar-refractivity contribution in [3.05, 3.63) is 76.1 Å². The summed E-state index contributed by atoms with van der Waals surface area (Å²) in [5.41, 5.74) is 6.40. The van der Waals surface area contributed by atoms with Gasteiger partial charge in [-0.2, -0.15) is 9.78 Å². The zero-order valence-electron chi connectivity index (χ0n) is 18.9. The Kier molecular flexibility index (Phi) is 4.88. The van der Waals surface area contributed by atoms with E-state index in [2.05, 4.69) is 52.0 Å². The average Bonchev–Trinajstić information content (AvgIpc) is 3.40. The zero-order valence-corrected chi connectivity index (χ0v) is 19.6. The van der Waals surface area contributed by atoms with Crippen LogP contribution in [0.4, 0.5) is 11.5 Å². The molecule has 170 valence electrons. The average molecular weight is 473 g/mol. The maximum atomic E-state index is 11.9. The molecule has 0 saturated carbocycles. The second kappa shape index (κ2) is 7.95. The predicted octanol–water partition coefficient (Wildman–Crippen LogP) is 5.02. The molecule has 6 rings (SSSR count). The summed E-state index contributed by atoms with van der Waals surface area (Å²) in [5, 5.41) is 1.67. The summed E-state index contributed by atoms with van der Waals surface area (Å²) in [5.74, 6) is 0.808. The lowest BCUT2D eigenvalue weighted by Gasteiger charge is -2.20. The van der Waals surface area contributed by atoms with Crippen LogP contribution in [0.2, 0.25) is 5.02 Å². The molecule has 0 bridgehead atoms. The molecule has 0 fully saturated rings. The monoisotopic (exact) mass is 472 g/mol. The molecule has 3 aromatic heterocycles. The maximum Gasteiger partial charge on any atom is 0.510 e. The van der Waals surface area contributed by atoms with Gasteiger partial charge < -0.3 is 9.32 Å². The molecular weight excluding hydrogens is 450 g/mol. The highest BCUT2D eigenvalue weighted by Crippen LogP contribution is 2.38. The Hall–Kier alpha value is -3.71. The van der Waals surface area contributed by atoms with Gasteiger partial charge in [0.2, 0.25) is 5.58 Å². The molecule has 0 unspecified atom stereocenters. The molecule has 8 heteroatoms. The number of hydrogen-bond donors (Lipinski definition) is 1. The van der Waals surface area contributed by atoms with Crippen molar-refractivity contribution in [2.24, 2.45) is 5.92 Å². The van der Waals surface area contributed by atoms with Crippen molar-refractivity contribution in [1.82, 2.24) is 15.0 Å². The lowest BCUT2D eigenvalue weighted by molar-refractivity contribution is -0.678. The molecule has 5 aromatic rings. The van der Waals surface area contributed by atoms with E-state index in [0.29, 0.717) is 22.2 Å². The second-order valence-electron chi connectivity index (χ2n) is 9.11. The lowest BCUT2D eigenvalue weighted by Crippen LogP contribution is -2.37. The highest BCUT2D eigenvalue weighted by molar-refractivity contribution is 6.31. The van der Waals surface area contributed by atoms with Gasteiger partial charge in [0.05, 0.1) is 18.3 Å². The Morgan fingerprint density at radius 3 is 2.88 bits per heavy atom. The number of nitrogens with zero attached hydrogens (tertiary/aromatic N) is 4. The first-order valence-electron chi connectivity index (χ1n) is 11.3. The van der Waals surface area contributed by atoms with Gasteiger partial charge in [0, 0.05) is 34.3 Å². The number of nitrogens with one attached hydrogen (secondary N) is 1. The number of halogens is 1. The van der Waals surface area contributed by atoms with E-state index in [1.165, 1.54) is 5.56 Å². The number of aromatic nitrogens is 4. The van der Waals surface area contributed by atoms with Gasteiger partial charge in [-0.05, 0) is 47.7 Å². The van der Waals surface area contributed by atoms with Crippen LogP contribution in [0.3, 0.4) is 0 Å². The summed E-state index contributed by atoms with van der Waals surface area (Å²) in [6, 6.07) is 14.1. The normalized spacial score (nSPS) is 13.4. The van der Waals surface area contributed by atoms with Crippen molar-refractivity contribution in [3.8, 4) is 11.1 Å². The highest BCUT2D eigenvalue weighted by atomic mass is 35.5. The second-order valence-corrected chi connectivity index (χ2v) is 9.54. The third kappa shape index (κ3) is 3.53. The third-order valence-electron chi connectivity index (χ3n) is 6.23. The molecule has 0 atom stereocenters. The molecule has 7 nitrogen and oxygen atoms in total. The summed E-state index contributed by atoms with van der Waals surface area (Å²) in [6.07, 6.45) is 4.61. The number of pyridine rings is 1. The van der Waals surface area contributed by atoms with E-state index < -0.39 is 5.76 Å². The van der Waals surface area contributed by atoms with E-state index >= 15 is 0 Å². The first kappa shape index (κ1) is 20.9. The number of rotatable bonds is 4. The van der Waals surface area contributed by atoms with Crippen molar-refractivity contribution in [3.63, 3.8) is 0 Å². The van der Waals surface area contributed by atoms with Gasteiger partial charge in [-0.3, -0.25) is 0 Å². The van der Waals surface area contributed by atoms with Gasteiger partial charge in [-0.1, -0.05) is 37.6 Å². The van der Waals surface area contributed by atoms with Crippen molar-refractivity contribution in [2.75, 3.05) is 11.4 Å². The SMILES string of the molecule is CC(C)C[n+]1cc(-c2ccc3ncnc(N4CCc5ccc(Cl)cc54)c3c2)cc2oc(=O)[nH]c21. The van der Waals surface area contributed by atoms with Crippen LogP contribution in [-0.4, -0.2) is 21.5 Å². The molecule has 0 spiro atoms. The molecule has 1 aliphatic rings. The number of fused-ring (bicyclic) bond motifs is 3. The van der Waals surface area contributed by atoms with Crippen LogP contribution in [0.15, 0.2) is 64.2 Å². The first-order valence-corrected chi connectivity index (χ1v) is 11.7. The summed E-state index contributed by atoms with van der Waals surface area (Å²) < 4.78 is 7.46. The molecule has 0 aliphatic carbocycles. The van der Waals surface area contributed by atoms with E-state index in [1.807, 2.05) is 34.9 Å². The van der Waals surface area contributed by atoms with Crippen LogP contribution in [0.25, 0.3) is 33.3 Å². The number of benzene rings is 2. The molecule has 0 radical (unpaired) electrons. The molecule has 1 aliphatic heterocycles. The van der Waals surface area contributed by atoms with E-state index in [9.17, 15) is 4.79 Å². The van der Waals surface area contributed by atoms with E-state index in [4.69, 9.17) is 16.0 Å². The number of anilines is 2. The minimum atomic E-state index is -0.454. The molecule has 4 heterocycles. The Labute approximate surface area is 200 Å². The van der Waals surface area contributed by atoms with Gasteiger partial charge in [-0.15, -0.1) is 0 Å². The number of aromatic amines is 1. The van der Waals surface area contributed by atoms with Gasteiger partial charge in [-0.25, -0.2) is 14.5 Å². The van der Waals surface area contributed by atoms with Gasteiger partial charge in [0.25, 0.3) is 0 Å². The quantitative estimate of drug-likeness (QED) is 0.371. The fraction of sp³-hybridized carbons (Fsp3) is 0.231. The lowest BCUT2D eigenvalue weighted by atomic mass is 10.0. The van der Waals surface area contributed by atoms with Crippen molar-refractivity contribution < 1.29 is 8.98 Å². The smallest absolute Gasteiger partial charge is 0.383 e. The maximum absolute atomic E-state index is 11.9. The largest absolute Gasteiger partial charge is 0.510 e. The third-order valence-corrected chi connectivity index (χ3v) is 6.47. The van der Waals surface area contributed by atoms with Gasteiger partial charge in [0.1, 0.15) is 12.1 Å². The summed E-state index contributed by atoms with van der Waals surface area (Å²) >= 11 is 6.30. The van der Waals surface area contributed by atoms with Gasteiger partial charge in [0.15, 0.2) is 0 Å². The number of oxazole rings is 1. The number of H-pyrrole nitrogens is 1. The Bertz CT molecular complexity index is 1620. The van der Waals surface area contributed by atoms with Crippen LogP contribution >= 0.6 is 11.6 Å². The van der Waals surface area contributed by atoms with Crippen LogP contribution in [0.1, 0.15) is 19.4 Å². The van der Waals surface area contributed by atoms with E-state index in [1.54, 1.807) is 6.33 Å². The summed E-state index contributed by atoms with van der Waals surface area (Å²) in [7, 11) is 0. The molecule has 34 heavy (non-hydrogen) atoms. The standard InChI is InChI=1S/C26H22ClN5O2/c1-15(2)12-31-13-18(10-23-25(31)30-26(33)34-23)17-4-6-21-20(9-17)24(29-14-28-21)32-8-7-16-3-5-19(27)11-22(16)32/h3-6,9-11,13-15H,7-8,12H2,1-2H3/p+1. The van der Waals surface area contributed by atoms with Crippen molar-refractivity contribution in [1.29, 1.82) is 0 Å². The van der Waals surface area contributed by atoms with Crippen molar-refractivity contribution in [2.45, 2.75) is 26.8 Å². The molecule has 0 amide bonds. The van der Waals surface area contributed by atoms with Crippen LogP contribution in [0.5, 0.6) is 0 Å². The zero-order chi connectivity index (χ0) is 23.4. The summed E-state index contributed by atoms with van der Waals surface area (Å²) in [6.45, 7) is 5.88. The fourth-order valence-corrected chi connectivity index (χ4v) is 4.93. The van der Waals surface area contributed by atoms with Crippen LogP contribution < -0.4 is 15.2 Å². The van der Waals surface area contributed by atoms with Gasteiger partial charge >= 0.3 is 11.4 Å². The fourth-order valence-electron chi connectivity index (χ4n) is 4.76. The molecule has 0 saturated heterocycles. The van der Waals surface area contributed by atoms with Crippen LogP contribution in [-0.2, 0) is 13.0 Å². The minimum absolute atomic E-state index is 0.403. The minimum Gasteiger partial charge on any atom is -0.383 e. The van der Waals surface area contributed by atoms with Crippen molar-refractivity contribution >= 4 is 45.2 Å². The first-order chi connectivity index (χ1) is 16.5. The number of hydrogen-bond acceptors (Lipinski definition) is 5.